The maximum absolute atomic E-state index is 12.6. The Hall–Kier alpha value is -2.32. The van der Waals surface area contributed by atoms with Crippen molar-refractivity contribution in [2.24, 2.45) is 4.99 Å². The van der Waals surface area contributed by atoms with E-state index in [4.69, 9.17) is 4.74 Å². The number of thioether (sulfide) groups is 1. The minimum absolute atomic E-state index is 0.0712. The van der Waals surface area contributed by atoms with Crippen LogP contribution in [0.1, 0.15) is 11.1 Å². The van der Waals surface area contributed by atoms with E-state index in [0.29, 0.717) is 10.9 Å². The summed E-state index contributed by atoms with van der Waals surface area (Å²) < 4.78 is 29.5. The van der Waals surface area contributed by atoms with Crippen LogP contribution < -0.4 is 9.64 Å². The number of aryl methyl sites for hydroxylation is 1. The molecule has 0 spiro atoms. The van der Waals surface area contributed by atoms with Gasteiger partial charge in [-0.2, -0.15) is 4.99 Å². The van der Waals surface area contributed by atoms with Gasteiger partial charge in [0.2, 0.25) is 0 Å². The first-order valence-electron chi connectivity index (χ1n) is 9.32. The second-order valence-electron chi connectivity index (χ2n) is 7.32. The normalized spacial score (nSPS) is 23.9. The zero-order valence-electron chi connectivity index (χ0n) is 16.2. The molecule has 2 aromatic carbocycles. The predicted molar refractivity (Wildman–Crippen MR) is 117 cm³/mol. The van der Waals surface area contributed by atoms with Crippen LogP contribution in [-0.2, 0) is 21.1 Å². The van der Waals surface area contributed by atoms with E-state index in [1.165, 1.54) is 11.8 Å². The summed E-state index contributed by atoms with van der Waals surface area (Å²) in [6, 6.07) is 15.0. The van der Waals surface area contributed by atoms with Gasteiger partial charge in [0.1, 0.15) is 5.75 Å². The maximum atomic E-state index is 12.6. The topological polar surface area (TPSA) is 76.0 Å². The molecule has 6 nitrogen and oxygen atoms in total. The predicted octanol–water partition coefficient (Wildman–Crippen LogP) is 2.85. The number of anilines is 1. The highest BCUT2D eigenvalue weighted by Gasteiger charge is 2.49. The minimum atomic E-state index is -3.09. The Morgan fingerprint density at radius 3 is 2.66 bits per heavy atom. The molecule has 4 rings (SSSR count). The van der Waals surface area contributed by atoms with Crippen LogP contribution in [0.5, 0.6) is 5.75 Å². The van der Waals surface area contributed by atoms with E-state index in [1.807, 2.05) is 60.4 Å². The zero-order valence-corrected chi connectivity index (χ0v) is 17.9. The Morgan fingerprint density at radius 2 is 1.97 bits per heavy atom. The zero-order chi connectivity index (χ0) is 20.6. The first kappa shape index (κ1) is 20.0. The van der Waals surface area contributed by atoms with Crippen molar-refractivity contribution in [2.75, 3.05) is 23.5 Å². The molecule has 1 amide bonds. The molecule has 2 atom stereocenters. The van der Waals surface area contributed by atoms with Gasteiger partial charge in [-0.1, -0.05) is 41.6 Å². The molecule has 0 aromatic heterocycles. The Balaban J connectivity index is 1.63. The number of amidine groups is 1. The smallest absolute Gasteiger partial charge is 0.252 e. The quantitative estimate of drug-likeness (QED) is 0.743. The van der Waals surface area contributed by atoms with E-state index in [-0.39, 0.29) is 35.1 Å². The molecule has 0 aliphatic carbocycles. The summed E-state index contributed by atoms with van der Waals surface area (Å²) in [5.41, 5.74) is 2.82. The first-order valence-corrected chi connectivity index (χ1v) is 12.0. The van der Waals surface area contributed by atoms with Gasteiger partial charge in [-0.3, -0.25) is 4.79 Å². The van der Waals surface area contributed by atoms with Gasteiger partial charge in [0, 0.05) is 10.9 Å². The molecule has 152 valence electrons. The molecule has 2 aliphatic rings. The second kappa shape index (κ2) is 7.84. The molecule has 2 fully saturated rings. The van der Waals surface area contributed by atoms with Crippen molar-refractivity contribution in [3.05, 3.63) is 59.7 Å². The number of methoxy groups -OCH3 is 1. The van der Waals surface area contributed by atoms with Crippen molar-refractivity contribution in [2.45, 2.75) is 24.6 Å². The number of aliphatic imine (C=N–C) groups is 1. The lowest BCUT2D eigenvalue weighted by molar-refractivity contribution is -0.117. The summed E-state index contributed by atoms with van der Waals surface area (Å²) in [7, 11) is -1.50. The molecule has 0 radical (unpaired) electrons. The van der Waals surface area contributed by atoms with E-state index in [9.17, 15) is 13.2 Å². The van der Waals surface area contributed by atoms with Crippen molar-refractivity contribution in [3.63, 3.8) is 0 Å². The van der Waals surface area contributed by atoms with Gasteiger partial charge in [-0.25, -0.2) is 8.42 Å². The number of fused-ring (bicyclic) bond motifs is 1. The highest BCUT2D eigenvalue weighted by atomic mass is 32.2. The minimum Gasteiger partial charge on any atom is -0.497 e. The lowest BCUT2D eigenvalue weighted by atomic mass is 10.1. The second-order valence-corrected chi connectivity index (χ2v) is 10.7. The summed E-state index contributed by atoms with van der Waals surface area (Å²) in [6.07, 6.45) is 0.218. The maximum Gasteiger partial charge on any atom is 0.252 e. The molecular weight excluding hydrogens is 408 g/mol. The molecule has 0 bridgehead atoms. The number of hydrogen-bond acceptors (Lipinski definition) is 5. The summed E-state index contributed by atoms with van der Waals surface area (Å²) >= 11 is 1.38. The fraction of sp³-hybridized carbons (Fsp3) is 0.333. The van der Waals surface area contributed by atoms with E-state index in [2.05, 4.69) is 4.99 Å². The van der Waals surface area contributed by atoms with Crippen LogP contribution in [0.3, 0.4) is 0 Å². The van der Waals surface area contributed by atoms with Crippen LogP contribution in [-0.4, -0.2) is 49.4 Å². The van der Waals surface area contributed by atoms with E-state index in [1.54, 1.807) is 7.11 Å². The summed E-state index contributed by atoms with van der Waals surface area (Å²) in [6.45, 7) is 1.99. The molecule has 0 saturated carbocycles. The fourth-order valence-corrected chi connectivity index (χ4v) is 7.68. The van der Waals surface area contributed by atoms with Gasteiger partial charge < -0.3 is 9.64 Å². The Labute approximate surface area is 174 Å². The average molecular weight is 431 g/mol. The van der Waals surface area contributed by atoms with Gasteiger partial charge in [-0.15, -0.1) is 0 Å². The fourth-order valence-electron chi connectivity index (χ4n) is 3.75. The molecule has 2 saturated heterocycles. The van der Waals surface area contributed by atoms with E-state index < -0.39 is 9.84 Å². The highest BCUT2D eigenvalue weighted by molar-refractivity contribution is 8.16. The number of carbonyl (C=O) groups is 1. The van der Waals surface area contributed by atoms with Crippen LogP contribution in [0.25, 0.3) is 0 Å². The average Bonchev–Trinajstić information content (AvgIpc) is 3.12. The molecule has 8 heteroatoms. The molecule has 29 heavy (non-hydrogen) atoms. The number of sulfone groups is 1. The SMILES string of the molecule is COc1ccc(N2C(=NC(=O)Cc3cccc(C)c3)S[C@H]3CS(=O)(=O)C[C@H]32)cc1. The van der Waals surface area contributed by atoms with Crippen LogP contribution in [0.4, 0.5) is 5.69 Å². The summed E-state index contributed by atoms with van der Waals surface area (Å²) in [5.74, 6) is 0.659. The van der Waals surface area contributed by atoms with Crippen LogP contribution in [0.2, 0.25) is 0 Å². The Morgan fingerprint density at radius 1 is 1.21 bits per heavy atom. The molecule has 2 aliphatic heterocycles. The van der Waals surface area contributed by atoms with E-state index >= 15 is 0 Å². The molecule has 2 heterocycles. The van der Waals surface area contributed by atoms with Gasteiger partial charge in [0.25, 0.3) is 5.91 Å². The number of ether oxygens (including phenoxy) is 1. The first-order chi connectivity index (χ1) is 13.8. The molecular formula is C21H22N2O4S2. The third-order valence-corrected chi connectivity index (χ3v) is 8.29. The van der Waals surface area contributed by atoms with Crippen molar-refractivity contribution in [1.29, 1.82) is 0 Å². The van der Waals surface area contributed by atoms with Crippen LogP contribution >= 0.6 is 11.8 Å². The van der Waals surface area contributed by atoms with E-state index in [0.717, 1.165) is 16.8 Å². The summed E-state index contributed by atoms with van der Waals surface area (Å²) in [5, 5.41) is 0.449. The van der Waals surface area contributed by atoms with Gasteiger partial charge in [0.05, 0.1) is 31.1 Å². The molecule has 2 aromatic rings. The van der Waals surface area contributed by atoms with Gasteiger partial charge in [0.15, 0.2) is 15.0 Å². The molecule has 0 N–H and O–H groups in total. The standard InChI is InChI=1S/C21H22N2O4S2/c1-14-4-3-5-15(10-14)11-20(24)22-21-23(16-6-8-17(27-2)9-7-16)18-12-29(25,26)13-19(18)28-21/h3-10,18-19H,11-13H2,1-2H3/t18-,19+/m1/s1. The number of benzene rings is 2. The van der Waals surface area contributed by atoms with Crippen LogP contribution in [0, 0.1) is 6.92 Å². The van der Waals surface area contributed by atoms with Crippen molar-refractivity contribution >= 4 is 38.4 Å². The number of carbonyl (C=O) groups excluding carboxylic acids is 1. The number of hydrogen-bond donors (Lipinski definition) is 0. The number of rotatable bonds is 4. The molecule has 0 unspecified atom stereocenters. The number of nitrogens with zero attached hydrogens (tertiary/aromatic N) is 2. The third-order valence-electron chi connectivity index (χ3n) is 5.08. The van der Waals surface area contributed by atoms with Crippen molar-refractivity contribution in [3.8, 4) is 5.75 Å². The summed E-state index contributed by atoms with van der Waals surface area (Å²) in [4.78, 5) is 18.9. The van der Waals surface area contributed by atoms with Gasteiger partial charge >= 0.3 is 0 Å². The Bertz CT molecular complexity index is 1060. The lowest BCUT2D eigenvalue weighted by Crippen LogP contribution is -2.37. The highest BCUT2D eigenvalue weighted by Crippen LogP contribution is 2.41. The largest absolute Gasteiger partial charge is 0.497 e. The lowest BCUT2D eigenvalue weighted by Gasteiger charge is -2.24. The van der Waals surface area contributed by atoms with Crippen LogP contribution in [0.15, 0.2) is 53.5 Å². The third kappa shape index (κ3) is 4.33. The number of amides is 1. The van der Waals surface area contributed by atoms with Gasteiger partial charge in [-0.05, 0) is 36.8 Å². The monoisotopic (exact) mass is 430 g/mol. The Kier molecular flexibility index (Phi) is 5.40. The van der Waals surface area contributed by atoms with Crippen molar-refractivity contribution in [1.82, 2.24) is 0 Å². The van der Waals surface area contributed by atoms with Crippen molar-refractivity contribution < 1.29 is 17.9 Å².